The van der Waals surface area contributed by atoms with E-state index in [4.69, 9.17) is 0 Å². The lowest BCUT2D eigenvalue weighted by atomic mass is 10.2. The predicted molar refractivity (Wildman–Crippen MR) is 88.1 cm³/mol. The zero-order chi connectivity index (χ0) is 17.1. The summed E-state index contributed by atoms with van der Waals surface area (Å²) in [7, 11) is 0. The lowest BCUT2D eigenvalue weighted by Crippen LogP contribution is -2.50. The lowest BCUT2D eigenvalue weighted by molar-refractivity contribution is 0.208. The van der Waals surface area contributed by atoms with Gasteiger partial charge in [0.2, 0.25) is 0 Å². The number of aryl methyl sites for hydroxylation is 1. The number of rotatable bonds is 2. The second kappa shape index (κ2) is 6.82. The van der Waals surface area contributed by atoms with Gasteiger partial charge in [0, 0.05) is 38.4 Å². The molecule has 1 aliphatic rings. The largest absolute Gasteiger partial charge is 0.366 e. The molecule has 0 spiro atoms. The number of hydrogen-bond donors (Lipinski definition) is 1. The van der Waals surface area contributed by atoms with Crippen LogP contribution in [-0.2, 0) is 0 Å². The molecule has 0 atom stereocenters. The SMILES string of the molecule is Cc1ccc(NC(=O)N2CCN(c3ccc(F)cc3F)CC2)nc1. The van der Waals surface area contributed by atoms with Crippen LogP contribution < -0.4 is 10.2 Å². The van der Waals surface area contributed by atoms with E-state index in [2.05, 4.69) is 10.3 Å². The number of halogens is 2. The van der Waals surface area contributed by atoms with Gasteiger partial charge in [-0.1, -0.05) is 6.07 Å². The zero-order valence-electron chi connectivity index (χ0n) is 13.3. The molecule has 3 rings (SSSR count). The Balaban J connectivity index is 1.58. The van der Waals surface area contributed by atoms with Crippen molar-refractivity contribution in [3.05, 3.63) is 53.7 Å². The van der Waals surface area contributed by atoms with E-state index in [1.54, 1.807) is 17.2 Å². The number of piperazine rings is 1. The highest BCUT2D eigenvalue weighted by Crippen LogP contribution is 2.21. The Labute approximate surface area is 138 Å². The molecule has 1 aromatic carbocycles. The fourth-order valence-electron chi connectivity index (χ4n) is 2.62. The predicted octanol–water partition coefficient (Wildman–Crippen LogP) is 3.02. The van der Waals surface area contributed by atoms with Crippen LogP contribution in [0.2, 0.25) is 0 Å². The Morgan fingerprint density at radius 1 is 1.12 bits per heavy atom. The summed E-state index contributed by atoms with van der Waals surface area (Å²) in [6, 6.07) is 6.93. The fourth-order valence-corrected chi connectivity index (χ4v) is 2.62. The number of carbonyl (C=O) groups excluding carboxylic acids is 1. The minimum Gasteiger partial charge on any atom is -0.366 e. The van der Waals surface area contributed by atoms with Gasteiger partial charge < -0.3 is 9.80 Å². The van der Waals surface area contributed by atoms with Crippen molar-refractivity contribution in [2.45, 2.75) is 6.92 Å². The number of benzene rings is 1. The Kier molecular flexibility index (Phi) is 4.59. The molecule has 0 bridgehead atoms. The highest BCUT2D eigenvalue weighted by Gasteiger charge is 2.23. The summed E-state index contributed by atoms with van der Waals surface area (Å²) in [6.45, 7) is 3.80. The number of anilines is 2. The van der Waals surface area contributed by atoms with E-state index in [1.165, 1.54) is 12.1 Å². The van der Waals surface area contributed by atoms with Gasteiger partial charge >= 0.3 is 6.03 Å². The Morgan fingerprint density at radius 2 is 1.88 bits per heavy atom. The number of carbonyl (C=O) groups is 1. The van der Waals surface area contributed by atoms with Crippen molar-refractivity contribution in [2.24, 2.45) is 0 Å². The maximum absolute atomic E-state index is 13.8. The molecular weight excluding hydrogens is 314 g/mol. The van der Waals surface area contributed by atoms with E-state index in [9.17, 15) is 13.6 Å². The molecule has 1 aromatic heterocycles. The van der Waals surface area contributed by atoms with Crippen LogP contribution in [0.25, 0.3) is 0 Å². The quantitative estimate of drug-likeness (QED) is 0.920. The van der Waals surface area contributed by atoms with E-state index in [-0.39, 0.29) is 6.03 Å². The molecule has 126 valence electrons. The molecule has 2 aromatic rings. The van der Waals surface area contributed by atoms with Gasteiger partial charge in [-0.2, -0.15) is 0 Å². The van der Waals surface area contributed by atoms with Crippen molar-refractivity contribution in [1.82, 2.24) is 9.88 Å². The minimum atomic E-state index is -0.597. The number of pyridine rings is 1. The number of amides is 2. The third-order valence-electron chi connectivity index (χ3n) is 3.96. The van der Waals surface area contributed by atoms with Gasteiger partial charge in [0.05, 0.1) is 5.69 Å². The molecule has 0 unspecified atom stereocenters. The van der Waals surface area contributed by atoms with Crippen LogP contribution in [0, 0.1) is 18.6 Å². The topological polar surface area (TPSA) is 48.5 Å². The van der Waals surface area contributed by atoms with Gasteiger partial charge in [0.1, 0.15) is 17.5 Å². The number of urea groups is 1. The number of nitrogens with zero attached hydrogens (tertiary/aromatic N) is 3. The maximum atomic E-state index is 13.8. The standard InChI is InChI=1S/C17H18F2N4O/c1-12-2-5-16(20-11-12)21-17(24)23-8-6-22(7-9-23)15-4-3-13(18)10-14(15)19/h2-5,10-11H,6-9H2,1H3,(H,20,21,24). The average Bonchev–Trinajstić information content (AvgIpc) is 2.57. The van der Waals surface area contributed by atoms with E-state index in [0.717, 1.165) is 11.6 Å². The summed E-state index contributed by atoms with van der Waals surface area (Å²) in [4.78, 5) is 19.8. The van der Waals surface area contributed by atoms with Crippen LogP contribution in [0.5, 0.6) is 0 Å². The van der Waals surface area contributed by atoms with Crippen molar-refractivity contribution >= 4 is 17.5 Å². The third-order valence-corrected chi connectivity index (χ3v) is 3.96. The molecule has 0 aliphatic carbocycles. The summed E-state index contributed by atoms with van der Waals surface area (Å²) < 4.78 is 26.8. The Bertz CT molecular complexity index is 728. The monoisotopic (exact) mass is 332 g/mol. The van der Waals surface area contributed by atoms with Crippen LogP contribution >= 0.6 is 0 Å². The highest BCUT2D eigenvalue weighted by molar-refractivity contribution is 5.88. The molecule has 1 fully saturated rings. The van der Waals surface area contributed by atoms with Crippen molar-refractivity contribution in [3.8, 4) is 0 Å². The summed E-state index contributed by atoms with van der Waals surface area (Å²) in [5, 5.41) is 2.75. The molecule has 1 aliphatic heterocycles. The molecule has 7 heteroatoms. The van der Waals surface area contributed by atoms with E-state index < -0.39 is 11.6 Å². The van der Waals surface area contributed by atoms with E-state index in [0.29, 0.717) is 37.7 Å². The molecule has 1 saturated heterocycles. The Hall–Kier alpha value is -2.70. The van der Waals surface area contributed by atoms with E-state index >= 15 is 0 Å². The van der Waals surface area contributed by atoms with Crippen molar-refractivity contribution < 1.29 is 13.6 Å². The average molecular weight is 332 g/mol. The second-order valence-electron chi connectivity index (χ2n) is 5.72. The zero-order valence-corrected chi connectivity index (χ0v) is 13.3. The fraction of sp³-hybridized carbons (Fsp3) is 0.294. The number of aromatic nitrogens is 1. The first-order valence-corrected chi connectivity index (χ1v) is 7.71. The molecule has 1 N–H and O–H groups in total. The third kappa shape index (κ3) is 3.61. The highest BCUT2D eigenvalue weighted by atomic mass is 19.1. The van der Waals surface area contributed by atoms with Crippen LogP contribution in [0.3, 0.4) is 0 Å². The first-order valence-electron chi connectivity index (χ1n) is 7.71. The van der Waals surface area contributed by atoms with Crippen LogP contribution in [0.4, 0.5) is 25.1 Å². The van der Waals surface area contributed by atoms with Crippen molar-refractivity contribution in [3.63, 3.8) is 0 Å². The Morgan fingerprint density at radius 3 is 2.50 bits per heavy atom. The van der Waals surface area contributed by atoms with Crippen LogP contribution in [-0.4, -0.2) is 42.1 Å². The van der Waals surface area contributed by atoms with Gasteiger partial charge in [0.15, 0.2) is 0 Å². The summed E-state index contributed by atoms with van der Waals surface area (Å²) in [5.74, 6) is -0.686. The summed E-state index contributed by atoms with van der Waals surface area (Å²) in [5.41, 5.74) is 1.37. The van der Waals surface area contributed by atoms with Crippen LogP contribution in [0.15, 0.2) is 36.5 Å². The summed E-state index contributed by atoms with van der Waals surface area (Å²) in [6.07, 6.45) is 1.69. The molecule has 5 nitrogen and oxygen atoms in total. The number of hydrogen-bond acceptors (Lipinski definition) is 3. The molecule has 0 saturated carbocycles. The molecule has 24 heavy (non-hydrogen) atoms. The van der Waals surface area contributed by atoms with Gasteiger partial charge in [-0.05, 0) is 30.7 Å². The first kappa shape index (κ1) is 16.2. The van der Waals surface area contributed by atoms with Crippen molar-refractivity contribution in [1.29, 1.82) is 0 Å². The van der Waals surface area contributed by atoms with Crippen molar-refractivity contribution in [2.75, 3.05) is 36.4 Å². The van der Waals surface area contributed by atoms with E-state index in [1.807, 2.05) is 17.9 Å². The van der Waals surface area contributed by atoms with Gasteiger partial charge in [-0.15, -0.1) is 0 Å². The summed E-state index contributed by atoms with van der Waals surface area (Å²) >= 11 is 0. The van der Waals surface area contributed by atoms with Gasteiger partial charge in [-0.25, -0.2) is 18.6 Å². The molecule has 2 amide bonds. The lowest BCUT2D eigenvalue weighted by Gasteiger charge is -2.36. The molecule has 2 heterocycles. The smallest absolute Gasteiger partial charge is 0.323 e. The molecule has 0 radical (unpaired) electrons. The normalized spacial score (nSPS) is 14.6. The minimum absolute atomic E-state index is 0.231. The molecular formula is C17H18F2N4O. The first-order chi connectivity index (χ1) is 11.5. The van der Waals surface area contributed by atoms with Gasteiger partial charge in [0.25, 0.3) is 0 Å². The van der Waals surface area contributed by atoms with Gasteiger partial charge in [-0.3, -0.25) is 5.32 Å². The second-order valence-corrected chi connectivity index (χ2v) is 5.72. The van der Waals surface area contributed by atoms with Crippen LogP contribution in [0.1, 0.15) is 5.56 Å². The maximum Gasteiger partial charge on any atom is 0.323 e. The number of nitrogens with one attached hydrogen (secondary N) is 1.